The Labute approximate surface area is 183 Å². The number of aryl methyl sites for hydroxylation is 1. The number of benzene rings is 2. The molecule has 2 amide bonds. The van der Waals surface area contributed by atoms with E-state index < -0.39 is 0 Å². The van der Waals surface area contributed by atoms with Crippen molar-refractivity contribution in [3.8, 4) is 0 Å². The monoisotopic (exact) mass is 429 g/mol. The second kappa shape index (κ2) is 9.06. The third-order valence-electron chi connectivity index (χ3n) is 6.25. The van der Waals surface area contributed by atoms with E-state index in [2.05, 4.69) is 48.5 Å². The molecule has 2 fully saturated rings. The van der Waals surface area contributed by atoms with E-state index in [1.54, 1.807) is 24.3 Å². The molecule has 2 saturated heterocycles. The number of likely N-dealkylation sites (tertiary alicyclic amines) is 2. The second-order valence-corrected chi connectivity index (χ2v) is 8.07. The van der Waals surface area contributed by atoms with Crippen LogP contribution < -0.4 is 5.32 Å². The molecule has 0 radical (unpaired) electrons. The van der Waals surface area contributed by atoms with Crippen LogP contribution in [0.25, 0.3) is 0 Å². The van der Waals surface area contributed by atoms with Crippen LogP contribution >= 0.6 is 12.4 Å². The number of carbonyl (C=O) groups excluding carboxylic acids is 2. The summed E-state index contributed by atoms with van der Waals surface area (Å²) >= 11 is 0. The Balaban J connectivity index is 0.00000256. The van der Waals surface area contributed by atoms with Crippen LogP contribution in [-0.2, 0) is 4.74 Å². The molecule has 1 N–H and O–H groups in total. The molecule has 4 rings (SSSR count). The highest BCUT2D eigenvalue weighted by atomic mass is 35.5. The van der Waals surface area contributed by atoms with Gasteiger partial charge in [0.05, 0.1) is 12.7 Å². The molecular weight excluding hydrogens is 402 g/mol. The maximum atomic E-state index is 12.8. The minimum absolute atomic E-state index is 0. The number of urea groups is 1. The minimum atomic E-state index is -0.387. The highest BCUT2D eigenvalue weighted by Crippen LogP contribution is 2.44. The number of fused-ring (bicyclic) bond motifs is 1. The molecule has 3 atom stereocenters. The average molecular weight is 430 g/mol. The first kappa shape index (κ1) is 22.1. The zero-order valence-corrected chi connectivity index (χ0v) is 18.3. The predicted octanol–water partition coefficient (Wildman–Crippen LogP) is 3.97. The Bertz CT molecular complexity index is 918. The van der Waals surface area contributed by atoms with Gasteiger partial charge in [0, 0.05) is 37.3 Å². The molecule has 0 aromatic heterocycles. The lowest BCUT2D eigenvalue weighted by atomic mass is 9.88. The number of hydrogen-bond donors (Lipinski definition) is 1. The summed E-state index contributed by atoms with van der Waals surface area (Å²) in [5.74, 6) is 0.534. The highest BCUT2D eigenvalue weighted by molar-refractivity contribution is 5.92. The number of rotatable bonds is 3. The maximum Gasteiger partial charge on any atom is 0.337 e. The Hall–Kier alpha value is -2.57. The second-order valence-electron chi connectivity index (χ2n) is 8.07. The lowest BCUT2D eigenvalue weighted by Crippen LogP contribution is -2.36. The number of methoxy groups -OCH3 is 1. The largest absolute Gasteiger partial charge is 0.465 e. The smallest absolute Gasteiger partial charge is 0.337 e. The van der Waals surface area contributed by atoms with Gasteiger partial charge in [-0.3, -0.25) is 4.90 Å². The number of anilines is 1. The van der Waals surface area contributed by atoms with Crippen molar-refractivity contribution in [3.05, 3.63) is 65.2 Å². The van der Waals surface area contributed by atoms with Crippen LogP contribution in [-0.4, -0.2) is 55.6 Å². The van der Waals surface area contributed by atoms with Crippen LogP contribution in [0.2, 0.25) is 0 Å². The summed E-state index contributed by atoms with van der Waals surface area (Å²) in [6.07, 6.45) is 0. The standard InChI is InChI=1S/C23H27N3O3.ClH/c1-15-6-4-5-7-19(15)21-20-14-26(13-17(20)12-25(21)2)23(28)24-18-10-8-16(9-11-18)22(27)29-3;/h4-11,17,20-21H,12-14H2,1-3H3,(H,24,28);1H/t17-,20+,21+;/m0./s1. The molecule has 0 unspecified atom stereocenters. The van der Waals surface area contributed by atoms with Crippen molar-refractivity contribution >= 4 is 30.1 Å². The molecule has 0 saturated carbocycles. The van der Waals surface area contributed by atoms with Gasteiger partial charge < -0.3 is 15.0 Å². The van der Waals surface area contributed by atoms with Gasteiger partial charge in [0.15, 0.2) is 0 Å². The van der Waals surface area contributed by atoms with Gasteiger partial charge in [0.1, 0.15) is 0 Å². The number of nitrogens with zero attached hydrogens (tertiary/aromatic N) is 2. The van der Waals surface area contributed by atoms with Crippen LogP contribution in [0, 0.1) is 18.8 Å². The Morgan fingerprint density at radius 2 is 1.73 bits per heavy atom. The van der Waals surface area contributed by atoms with Crippen LogP contribution in [0.15, 0.2) is 48.5 Å². The molecule has 7 heteroatoms. The summed E-state index contributed by atoms with van der Waals surface area (Å²) in [5, 5.41) is 2.96. The minimum Gasteiger partial charge on any atom is -0.465 e. The summed E-state index contributed by atoms with van der Waals surface area (Å²) in [7, 11) is 3.53. The van der Waals surface area contributed by atoms with Gasteiger partial charge in [0.2, 0.25) is 0 Å². The number of nitrogens with one attached hydrogen (secondary N) is 1. The van der Waals surface area contributed by atoms with Crippen molar-refractivity contribution < 1.29 is 14.3 Å². The lowest BCUT2D eigenvalue weighted by molar-refractivity contribution is 0.0600. The van der Waals surface area contributed by atoms with Gasteiger partial charge in [-0.05, 0) is 55.3 Å². The molecule has 2 aromatic rings. The Morgan fingerprint density at radius 1 is 1.03 bits per heavy atom. The molecule has 30 heavy (non-hydrogen) atoms. The third kappa shape index (κ3) is 4.16. The number of ether oxygens (including phenoxy) is 1. The van der Waals surface area contributed by atoms with Crippen molar-refractivity contribution in [3.63, 3.8) is 0 Å². The molecule has 160 valence electrons. The van der Waals surface area contributed by atoms with E-state index in [1.807, 2.05) is 4.90 Å². The molecule has 6 nitrogen and oxygen atoms in total. The van der Waals surface area contributed by atoms with Gasteiger partial charge in [-0.2, -0.15) is 0 Å². The molecule has 0 bridgehead atoms. The number of esters is 1. The summed E-state index contributed by atoms with van der Waals surface area (Å²) in [6, 6.07) is 15.6. The average Bonchev–Trinajstić information content (AvgIpc) is 3.25. The molecule has 2 aliphatic heterocycles. The fourth-order valence-corrected chi connectivity index (χ4v) is 4.82. The quantitative estimate of drug-likeness (QED) is 0.750. The van der Waals surface area contributed by atoms with Crippen LogP contribution in [0.5, 0.6) is 0 Å². The predicted molar refractivity (Wildman–Crippen MR) is 119 cm³/mol. The van der Waals surface area contributed by atoms with E-state index in [0.29, 0.717) is 29.1 Å². The van der Waals surface area contributed by atoms with Crippen molar-refractivity contribution in [2.75, 3.05) is 39.1 Å². The Morgan fingerprint density at radius 3 is 2.40 bits per heavy atom. The Kier molecular flexibility index (Phi) is 6.68. The molecular formula is C23H28ClN3O3. The van der Waals surface area contributed by atoms with E-state index >= 15 is 0 Å². The maximum absolute atomic E-state index is 12.8. The molecule has 2 aliphatic rings. The van der Waals surface area contributed by atoms with E-state index in [1.165, 1.54) is 18.2 Å². The van der Waals surface area contributed by atoms with Gasteiger partial charge >= 0.3 is 12.0 Å². The lowest BCUT2D eigenvalue weighted by Gasteiger charge is -2.28. The number of carbonyl (C=O) groups is 2. The fraction of sp³-hybridized carbons (Fsp3) is 0.391. The molecule has 0 aliphatic carbocycles. The van der Waals surface area contributed by atoms with Crippen LogP contribution in [0.3, 0.4) is 0 Å². The number of amides is 2. The fourth-order valence-electron chi connectivity index (χ4n) is 4.82. The first-order valence-electron chi connectivity index (χ1n) is 9.98. The zero-order chi connectivity index (χ0) is 20.5. The number of halogens is 1. The van der Waals surface area contributed by atoms with E-state index in [9.17, 15) is 9.59 Å². The van der Waals surface area contributed by atoms with Gasteiger partial charge in [-0.15, -0.1) is 12.4 Å². The normalized spacial score (nSPS) is 22.9. The SMILES string of the molecule is COC(=O)c1ccc(NC(=O)N2C[C@@H]3CN(C)[C@H](c4ccccc4C)[C@@H]3C2)cc1.Cl. The zero-order valence-electron chi connectivity index (χ0n) is 17.5. The highest BCUT2D eigenvalue weighted by Gasteiger charge is 2.47. The third-order valence-corrected chi connectivity index (χ3v) is 6.25. The van der Waals surface area contributed by atoms with Gasteiger partial charge in [-0.1, -0.05) is 24.3 Å². The number of hydrogen-bond acceptors (Lipinski definition) is 4. The first-order chi connectivity index (χ1) is 14.0. The molecule has 2 aromatic carbocycles. The van der Waals surface area contributed by atoms with Crippen LogP contribution in [0.1, 0.15) is 27.5 Å². The summed E-state index contributed by atoms with van der Waals surface area (Å²) in [4.78, 5) is 28.7. The van der Waals surface area contributed by atoms with Crippen molar-refractivity contribution in [1.82, 2.24) is 9.80 Å². The van der Waals surface area contributed by atoms with Crippen molar-refractivity contribution in [2.45, 2.75) is 13.0 Å². The summed E-state index contributed by atoms with van der Waals surface area (Å²) in [6.45, 7) is 4.68. The van der Waals surface area contributed by atoms with Crippen molar-refractivity contribution in [2.24, 2.45) is 11.8 Å². The van der Waals surface area contributed by atoms with Gasteiger partial charge in [-0.25, -0.2) is 9.59 Å². The van der Waals surface area contributed by atoms with E-state index in [-0.39, 0.29) is 24.4 Å². The van der Waals surface area contributed by atoms with Crippen LogP contribution in [0.4, 0.5) is 10.5 Å². The summed E-state index contributed by atoms with van der Waals surface area (Å²) in [5.41, 5.74) is 3.80. The molecule has 2 heterocycles. The molecule has 0 spiro atoms. The summed E-state index contributed by atoms with van der Waals surface area (Å²) < 4.78 is 4.71. The van der Waals surface area contributed by atoms with E-state index in [4.69, 9.17) is 4.74 Å². The topological polar surface area (TPSA) is 61.9 Å². The first-order valence-corrected chi connectivity index (χ1v) is 9.98. The van der Waals surface area contributed by atoms with Gasteiger partial charge in [0.25, 0.3) is 0 Å². The van der Waals surface area contributed by atoms with E-state index in [0.717, 1.165) is 19.6 Å². The van der Waals surface area contributed by atoms with Crippen molar-refractivity contribution in [1.29, 1.82) is 0 Å².